The lowest BCUT2D eigenvalue weighted by molar-refractivity contribution is -0.952. The van der Waals surface area contributed by atoms with Crippen LogP contribution in [0.4, 0.5) is 0 Å². The average Bonchev–Trinajstić information content (AvgIpc) is 2.20. The molecule has 15 heavy (non-hydrogen) atoms. The molecule has 82 valence electrons. The van der Waals surface area contributed by atoms with Crippen LogP contribution >= 0.6 is 27.9 Å². The van der Waals surface area contributed by atoms with Gasteiger partial charge in [0.05, 0.1) is 5.75 Å². The first kappa shape index (κ1) is 11.4. The Labute approximate surface area is 101 Å². The van der Waals surface area contributed by atoms with Crippen LogP contribution < -0.4 is 0 Å². The highest BCUT2D eigenvalue weighted by Crippen LogP contribution is 2.35. The summed E-state index contributed by atoms with van der Waals surface area (Å²) in [6.07, 6.45) is 0.745. The third kappa shape index (κ3) is 2.95. The summed E-state index contributed by atoms with van der Waals surface area (Å²) in [5.74, 6) is 1.07. The molecule has 1 aromatic rings. The predicted molar refractivity (Wildman–Crippen MR) is 64.2 cm³/mol. The zero-order valence-electron chi connectivity index (χ0n) is 8.10. The van der Waals surface area contributed by atoms with Gasteiger partial charge in [-0.2, -0.15) is 4.21 Å². The third-order valence-electron chi connectivity index (χ3n) is 2.58. The molecule has 5 heteroatoms. The van der Waals surface area contributed by atoms with Crippen molar-refractivity contribution in [1.82, 2.24) is 0 Å². The van der Waals surface area contributed by atoms with Gasteiger partial charge in [0.2, 0.25) is 0 Å². The van der Waals surface area contributed by atoms with E-state index in [4.69, 9.17) is 0 Å². The van der Waals surface area contributed by atoms with E-state index in [1.807, 2.05) is 12.1 Å². The maximum absolute atomic E-state index is 11.2. The first-order chi connectivity index (χ1) is 7.07. The fourth-order valence-corrected chi connectivity index (χ4v) is 2.94. The fourth-order valence-electron chi connectivity index (χ4n) is 1.67. The summed E-state index contributed by atoms with van der Waals surface area (Å²) in [5, 5.41) is 20.4. The second kappa shape index (κ2) is 4.43. The second-order valence-electron chi connectivity index (χ2n) is 3.69. The maximum Gasteiger partial charge on any atom is 0.121 e. The van der Waals surface area contributed by atoms with E-state index in [-0.39, 0.29) is 6.54 Å². The summed E-state index contributed by atoms with van der Waals surface area (Å²) in [4.78, 5) is 0. The molecule has 0 saturated carbocycles. The standard InChI is InChI=1S/C10H12BrNO2S/c11-10-3-1-8(2-4-10)9-5-6-12(13,14)15-7-9/h1-4,9,13H,5-7H2. The molecule has 1 aliphatic rings. The van der Waals surface area contributed by atoms with Gasteiger partial charge in [0.25, 0.3) is 0 Å². The quantitative estimate of drug-likeness (QED) is 0.490. The lowest BCUT2D eigenvalue weighted by Gasteiger charge is -2.36. The fraction of sp³-hybridized carbons (Fsp3) is 0.400. The number of hydrogen-bond acceptors (Lipinski definition) is 3. The molecule has 0 bridgehead atoms. The molecule has 1 fully saturated rings. The van der Waals surface area contributed by atoms with Crippen molar-refractivity contribution in [2.75, 3.05) is 12.3 Å². The summed E-state index contributed by atoms with van der Waals surface area (Å²) in [7, 11) is 0. The monoisotopic (exact) mass is 289 g/mol. The van der Waals surface area contributed by atoms with Crippen molar-refractivity contribution in [2.24, 2.45) is 0 Å². The highest BCUT2D eigenvalue weighted by molar-refractivity contribution is 9.10. The number of rotatable bonds is 1. The van der Waals surface area contributed by atoms with Gasteiger partial charge in [0.1, 0.15) is 18.5 Å². The molecule has 3 nitrogen and oxygen atoms in total. The van der Waals surface area contributed by atoms with Crippen molar-refractivity contribution in [3.63, 3.8) is 0 Å². The Morgan fingerprint density at radius 3 is 2.60 bits per heavy atom. The molecule has 2 unspecified atom stereocenters. The molecule has 1 aromatic carbocycles. The zero-order chi connectivity index (χ0) is 10.9. The van der Waals surface area contributed by atoms with E-state index in [1.54, 1.807) is 0 Å². The van der Waals surface area contributed by atoms with Crippen LogP contribution in [0.5, 0.6) is 0 Å². The Morgan fingerprint density at radius 1 is 1.40 bits per heavy atom. The lowest BCUT2D eigenvalue weighted by Crippen LogP contribution is -2.37. The van der Waals surface area contributed by atoms with E-state index in [9.17, 15) is 10.4 Å². The van der Waals surface area contributed by atoms with Crippen LogP contribution in [-0.4, -0.2) is 21.7 Å². The minimum absolute atomic E-state index is 0.269. The van der Waals surface area contributed by atoms with Gasteiger partial charge in [-0.05, 0) is 17.7 Å². The van der Waals surface area contributed by atoms with Crippen molar-refractivity contribution in [2.45, 2.75) is 12.3 Å². The molecule has 1 saturated heterocycles. The van der Waals surface area contributed by atoms with Gasteiger partial charge in [-0.15, -0.1) is 0 Å². The number of hydroxylamine groups is 2. The molecule has 1 N–H and O–H groups in total. The molecule has 1 aliphatic heterocycles. The normalized spacial score (nSPS) is 31.5. The number of hydrogen-bond donors (Lipinski definition) is 1. The number of halogens is 1. The van der Waals surface area contributed by atoms with E-state index in [0.717, 1.165) is 22.8 Å². The highest BCUT2D eigenvalue weighted by Gasteiger charge is 2.28. The smallest absolute Gasteiger partial charge is 0.121 e. The predicted octanol–water partition coefficient (Wildman–Crippen LogP) is 3.29. The summed E-state index contributed by atoms with van der Waals surface area (Å²) in [5.41, 5.74) is 1.24. The first-order valence-corrected chi connectivity index (χ1v) is 6.52. The molecule has 1 heterocycles. The van der Waals surface area contributed by atoms with Gasteiger partial charge in [-0.1, -0.05) is 28.1 Å². The van der Waals surface area contributed by atoms with Crippen molar-refractivity contribution < 1.29 is 9.42 Å². The van der Waals surface area contributed by atoms with Crippen molar-refractivity contribution in [1.29, 1.82) is 0 Å². The molecule has 0 aliphatic carbocycles. The Morgan fingerprint density at radius 2 is 2.07 bits per heavy atom. The first-order valence-electron chi connectivity index (χ1n) is 4.79. The largest absolute Gasteiger partial charge is 0.586 e. The van der Waals surface area contributed by atoms with Crippen LogP contribution in [-0.2, 0) is 0 Å². The molecule has 2 rings (SSSR count). The van der Waals surface area contributed by atoms with Crippen molar-refractivity contribution in [3.8, 4) is 0 Å². The van der Waals surface area contributed by atoms with Crippen LogP contribution in [0.2, 0.25) is 0 Å². The SMILES string of the molecule is [O-][N+]1(O)CCC(c2ccc(Br)cc2)CS1. The molecular weight excluding hydrogens is 278 g/mol. The van der Waals surface area contributed by atoms with Crippen LogP contribution in [0.3, 0.4) is 0 Å². The molecule has 0 amide bonds. The molecule has 0 aromatic heterocycles. The Bertz CT molecular complexity index is 332. The van der Waals surface area contributed by atoms with Gasteiger partial charge in [0, 0.05) is 16.8 Å². The summed E-state index contributed by atoms with van der Waals surface area (Å²) in [6, 6.07) is 8.15. The summed E-state index contributed by atoms with van der Waals surface area (Å²) < 4.78 is -0.0849. The molecule has 0 spiro atoms. The minimum atomic E-state index is -1.15. The average molecular weight is 290 g/mol. The molecule has 2 atom stereocenters. The van der Waals surface area contributed by atoms with Crippen LogP contribution in [0.1, 0.15) is 17.9 Å². The van der Waals surface area contributed by atoms with E-state index < -0.39 is 4.21 Å². The van der Waals surface area contributed by atoms with Gasteiger partial charge in [-0.25, -0.2) is 5.21 Å². The Balaban J connectivity index is 2.04. The third-order valence-corrected chi connectivity index (χ3v) is 4.25. The second-order valence-corrected chi connectivity index (χ2v) is 5.77. The van der Waals surface area contributed by atoms with E-state index >= 15 is 0 Å². The topological polar surface area (TPSA) is 43.3 Å². The lowest BCUT2D eigenvalue weighted by atomic mass is 9.98. The number of quaternary nitrogens is 1. The Kier molecular flexibility index (Phi) is 3.37. The van der Waals surface area contributed by atoms with Crippen LogP contribution in [0.25, 0.3) is 0 Å². The number of nitrogens with zero attached hydrogens (tertiary/aromatic N) is 1. The number of benzene rings is 1. The van der Waals surface area contributed by atoms with Gasteiger partial charge >= 0.3 is 0 Å². The summed E-state index contributed by atoms with van der Waals surface area (Å²) >= 11 is 4.44. The van der Waals surface area contributed by atoms with Crippen molar-refractivity contribution >= 4 is 27.9 Å². The highest BCUT2D eigenvalue weighted by atomic mass is 79.9. The maximum atomic E-state index is 11.2. The van der Waals surface area contributed by atoms with Crippen molar-refractivity contribution in [3.05, 3.63) is 39.5 Å². The molecule has 0 radical (unpaired) electrons. The molecular formula is C10H12BrNO2S. The van der Waals surface area contributed by atoms with Gasteiger partial charge < -0.3 is 5.21 Å². The zero-order valence-corrected chi connectivity index (χ0v) is 10.5. The van der Waals surface area contributed by atoms with Gasteiger partial charge in [-0.3, -0.25) is 0 Å². The Hall–Kier alpha value is -0.0700. The van der Waals surface area contributed by atoms with Gasteiger partial charge in [0.15, 0.2) is 0 Å². The summed E-state index contributed by atoms with van der Waals surface area (Å²) in [6.45, 7) is 0.269. The van der Waals surface area contributed by atoms with E-state index in [2.05, 4.69) is 28.1 Å². The van der Waals surface area contributed by atoms with E-state index in [0.29, 0.717) is 11.7 Å². The van der Waals surface area contributed by atoms with E-state index in [1.165, 1.54) is 5.56 Å². The van der Waals surface area contributed by atoms with Crippen LogP contribution in [0, 0.1) is 5.21 Å². The minimum Gasteiger partial charge on any atom is -0.586 e. The van der Waals surface area contributed by atoms with Crippen LogP contribution in [0.15, 0.2) is 28.7 Å².